The van der Waals surface area contributed by atoms with Gasteiger partial charge in [-0.15, -0.1) is 0 Å². The molecular weight excluding hydrogens is 158 g/mol. The summed E-state index contributed by atoms with van der Waals surface area (Å²) in [7, 11) is -0.612. The van der Waals surface area contributed by atoms with Crippen molar-refractivity contribution >= 4 is 14.0 Å². The Bertz CT molecular complexity index is 150. The Labute approximate surface area is 72.8 Å². The standard InChI is InChI=1S/C6H12B2O4/c1-2-6-5-11-8(12-6)7-9-3-4-10-7/h6H,2-5H2,1H3. The maximum Gasteiger partial charge on any atom is 0.488 e. The minimum absolute atomic E-state index is 0.211. The van der Waals surface area contributed by atoms with Gasteiger partial charge in [0.2, 0.25) is 0 Å². The van der Waals surface area contributed by atoms with Crippen LogP contribution in [0.2, 0.25) is 0 Å². The van der Waals surface area contributed by atoms with Crippen molar-refractivity contribution in [3.63, 3.8) is 0 Å². The molecule has 0 N–H and O–H groups in total. The Morgan fingerprint density at radius 2 is 1.92 bits per heavy atom. The topological polar surface area (TPSA) is 36.9 Å². The van der Waals surface area contributed by atoms with E-state index in [0.29, 0.717) is 19.8 Å². The summed E-state index contributed by atoms with van der Waals surface area (Å²) in [6, 6.07) is 0. The van der Waals surface area contributed by atoms with Crippen molar-refractivity contribution in [2.75, 3.05) is 19.8 Å². The molecule has 1 unspecified atom stereocenters. The fourth-order valence-corrected chi connectivity index (χ4v) is 1.36. The first kappa shape index (κ1) is 8.56. The first-order valence-corrected chi connectivity index (χ1v) is 4.40. The van der Waals surface area contributed by atoms with Gasteiger partial charge in [0.05, 0.1) is 25.9 Å². The summed E-state index contributed by atoms with van der Waals surface area (Å²) in [6.45, 7) is 4.02. The summed E-state index contributed by atoms with van der Waals surface area (Å²) in [5.74, 6) is 0. The van der Waals surface area contributed by atoms with E-state index in [-0.39, 0.29) is 20.1 Å². The molecule has 2 saturated heterocycles. The molecular formula is C6H12B2O4. The van der Waals surface area contributed by atoms with Gasteiger partial charge in [-0.25, -0.2) is 0 Å². The van der Waals surface area contributed by atoms with Gasteiger partial charge in [-0.2, -0.15) is 0 Å². The highest BCUT2D eigenvalue weighted by Gasteiger charge is 2.46. The molecule has 0 aliphatic carbocycles. The Morgan fingerprint density at radius 3 is 2.50 bits per heavy atom. The van der Waals surface area contributed by atoms with Crippen LogP contribution in [0.4, 0.5) is 0 Å². The quantitative estimate of drug-likeness (QED) is 0.542. The summed E-state index contributed by atoms with van der Waals surface area (Å²) in [4.78, 5) is 0. The molecule has 2 heterocycles. The van der Waals surface area contributed by atoms with Crippen molar-refractivity contribution in [3.8, 4) is 0 Å². The fourth-order valence-electron chi connectivity index (χ4n) is 1.36. The lowest BCUT2D eigenvalue weighted by atomic mass is 9.49. The summed E-state index contributed by atoms with van der Waals surface area (Å²) < 4.78 is 21.4. The van der Waals surface area contributed by atoms with Crippen LogP contribution in [0.25, 0.3) is 0 Å². The van der Waals surface area contributed by atoms with E-state index in [0.717, 1.165) is 6.42 Å². The third-order valence-corrected chi connectivity index (χ3v) is 2.10. The monoisotopic (exact) mass is 170 g/mol. The second-order valence-corrected chi connectivity index (χ2v) is 2.98. The molecule has 0 radical (unpaired) electrons. The summed E-state index contributed by atoms with van der Waals surface area (Å²) in [5, 5.41) is 0. The SMILES string of the molecule is CCC1COB(B2OCCO2)O1. The molecule has 1 atom stereocenters. The zero-order valence-corrected chi connectivity index (χ0v) is 7.19. The smallest absolute Gasteiger partial charge is 0.411 e. The third-order valence-electron chi connectivity index (χ3n) is 2.10. The van der Waals surface area contributed by atoms with Crippen molar-refractivity contribution in [2.45, 2.75) is 19.4 Å². The molecule has 12 heavy (non-hydrogen) atoms. The predicted molar refractivity (Wildman–Crippen MR) is 44.5 cm³/mol. The Kier molecular flexibility index (Phi) is 2.70. The average Bonchev–Trinajstić information content (AvgIpc) is 2.75. The normalized spacial score (nSPS) is 30.2. The Morgan fingerprint density at radius 1 is 1.17 bits per heavy atom. The number of hydrogen-bond acceptors (Lipinski definition) is 4. The molecule has 0 amide bonds. The van der Waals surface area contributed by atoms with E-state index in [1.807, 2.05) is 0 Å². The van der Waals surface area contributed by atoms with E-state index < -0.39 is 0 Å². The first-order chi connectivity index (χ1) is 5.90. The van der Waals surface area contributed by atoms with Crippen molar-refractivity contribution in [1.29, 1.82) is 0 Å². The van der Waals surface area contributed by atoms with E-state index in [2.05, 4.69) is 6.92 Å². The lowest BCUT2D eigenvalue weighted by molar-refractivity contribution is 0.228. The van der Waals surface area contributed by atoms with E-state index >= 15 is 0 Å². The molecule has 0 aromatic carbocycles. The molecule has 0 aromatic heterocycles. The van der Waals surface area contributed by atoms with Crippen LogP contribution in [-0.2, 0) is 18.6 Å². The highest BCUT2D eigenvalue weighted by Crippen LogP contribution is 2.16. The number of hydrogen-bond donors (Lipinski definition) is 0. The van der Waals surface area contributed by atoms with Crippen LogP contribution in [0, 0.1) is 0 Å². The maximum atomic E-state index is 5.52. The van der Waals surface area contributed by atoms with Gasteiger partial charge < -0.3 is 18.6 Å². The van der Waals surface area contributed by atoms with Gasteiger partial charge in [0.25, 0.3) is 0 Å². The highest BCUT2D eigenvalue weighted by atomic mass is 16.7. The van der Waals surface area contributed by atoms with Gasteiger partial charge in [-0.3, -0.25) is 0 Å². The minimum atomic E-state index is -0.308. The van der Waals surface area contributed by atoms with Crippen molar-refractivity contribution in [3.05, 3.63) is 0 Å². The predicted octanol–water partition coefficient (Wildman–Crippen LogP) is -0.0866. The molecule has 2 aliphatic heterocycles. The Hall–Kier alpha value is -0.0301. The lowest BCUT2D eigenvalue weighted by Crippen LogP contribution is -2.39. The van der Waals surface area contributed by atoms with Gasteiger partial charge in [-0.1, -0.05) is 6.92 Å². The van der Waals surface area contributed by atoms with Crippen LogP contribution >= 0.6 is 0 Å². The van der Waals surface area contributed by atoms with E-state index in [4.69, 9.17) is 18.6 Å². The van der Waals surface area contributed by atoms with Crippen LogP contribution in [0.1, 0.15) is 13.3 Å². The van der Waals surface area contributed by atoms with Gasteiger partial charge in [-0.05, 0) is 6.42 Å². The maximum absolute atomic E-state index is 5.52. The minimum Gasteiger partial charge on any atom is -0.411 e. The summed E-state index contributed by atoms with van der Waals surface area (Å²) in [5.41, 5.74) is 0. The molecule has 0 spiro atoms. The van der Waals surface area contributed by atoms with Crippen LogP contribution in [0.3, 0.4) is 0 Å². The second kappa shape index (κ2) is 3.79. The van der Waals surface area contributed by atoms with Crippen LogP contribution in [0.5, 0.6) is 0 Å². The molecule has 2 aliphatic rings. The summed E-state index contributed by atoms with van der Waals surface area (Å²) >= 11 is 0. The fraction of sp³-hybridized carbons (Fsp3) is 1.00. The van der Waals surface area contributed by atoms with Crippen LogP contribution in [0.15, 0.2) is 0 Å². The van der Waals surface area contributed by atoms with Crippen LogP contribution < -0.4 is 0 Å². The molecule has 4 nitrogen and oxygen atoms in total. The van der Waals surface area contributed by atoms with Crippen LogP contribution in [-0.4, -0.2) is 39.9 Å². The largest absolute Gasteiger partial charge is 0.488 e. The molecule has 0 aromatic rings. The molecule has 0 saturated carbocycles. The summed E-state index contributed by atoms with van der Waals surface area (Å²) in [6.07, 6.45) is 1.19. The lowest BCUT2D eigenvalue weighted by Gasteiger charge is -2.07. The molecule has 2 rings (SSSR count). The van der Waals surface area contributed by atoms with Gasteiger partial charge in [0.1, 0.15) is 0 Å². The van der Waals surface area contributed by atoms with Gasteiger partial charge in [0.15, 0.2) is 0 Å². The van der Waals surface area contributed by atoms with Gasteiger partial charge in [0, 0.05) is 0 Å². The third kappa shape index (κ3) is 1.66. The first-order valence-electron chi connectivity index (χ1n) is 4.40. The average molecular weight is 170 g/mol. The van der Waals surface area contributed by atoms with Gasteiger partial charge >= 0.3 is 14.0 Å². The van der Waals surface area contributed by atoms with Crippen molar-refractivity contribution < 1.29 is 18.6 Å². The van der Waals surface area contributed by atoms with Crippen molar-refractivity contribution in [2.24, 2.45) is 0 Å². The zero-order valence-electron chi connectivity index (χ0n) is 7.19. The number of rotatable bonds is 2. The van der Waals surface area contributed by atoms with Crippen molar-refractivity contribution in [1.82, 2.24) is 0 Å². The Balaban J connectivity index is 1.81. The molecule has 2 fully saturated rings. The zero-order chi connectivity index (χ0) is 8.39. The van der Waals surface area contributed by atoms with E-state index in [1.165, 1.54) is 0 Å². The molecule has 0 bridgehead atoms. The highest BCUT2D eigenvalue weighted by molar-refractivity contribution is 7.11. The second-order valence-electron chi connectivity index (χ2n) is 2.98. The van der Waals surface area contributed by atoms with E-state index in [9.17, 15) is 0 Å². The molecule has 6 heteroatoms. The molecule has 66 valence electrons. The van der Waals surface area contributed by atoms with E-state index in [1.54, 1.807) is 0 Å².